The van der Waals surface area contributed by atoms with Crippen LogP contribution in [0.15, 0.2) is 24.5 Å². The highest BCUT2D eigenvalue weighted by Gasteiger charge is 2.15. The summed E-state index contributed by atoms with van der Waals surface area (Å²) in [4.78, 5) is 17.3. The molecule has 1 aromatic rings. The molecule has 22 heavy (non-hydrogen) atoms. The molecular weight excluding hydrogens is 278 g/mol. The maximum Gasteiger partial charge on any atom is 0.324 e. The number of amides is 2. The molecule has 0 saturated heterocycles. The van der Waals surface area contributed by atoms with Gasteiger partial charge in [0, 0.05) is 25.5 Å². The molecular formula is C16H27N5O. The van der Waals surface area contributed by atoms with Crippen LogP contribution < -0.4 is 11.1 Å². The molecule has 0 spiro atoms. The Balaban J connectivity index is 2.31. The molecule has 0 aliphatic heterocycles. The van der Waals surface area contributed by atoms with Crippen LogP contribution in [0.4, 0.5) is 4.79 Å². The molecule has 0 unspecified atom stereocenters. The lowest BCUT2D eigenvalue weighted by molar-refractivity contribution is 0.219. The lowest BCUT2D eigenvalue weighted by Crippen LogP contribution is -2.47. The van der Waals surface area contributed by atoms with E-state index in [0.717, 1.165) is 25.7 Å². The predicted molar refractivity (Wildman–Crippen MR) is 88.7 cm³/mol. The van der Waals surface area contributed by atoms with Crippen molar-refractivity contribution in [3.8, 4) is 0 Å². The second-order valence-electron chi connectivity index (χ2n) is 5.29. The number of carbonyl (C=O) groups is 1. The summed E-state index contributed by atoms with van der Waals surface area (Å²) in [6, 6.07) is 3.62. The third-order valence-electron chi connectivity index (χ3n) is 3.44. The van der Waals surface area contributed by atoms with Crippen LogP contribution in [0, 0.1) is 5.41 Å². The summed E-state index contributed by atoms with van der Waals surface area (Å²) in [5.41, 5.74) is 6.67. The van der Waals surface area contributed by atoms with Gasteiger partial charge in [0.2, 0.25) is 0 Å². The van der Waals surface area contributed by atoms with E-state index in [1.54, 1.807) is 12.4 Å². The fourth-order valence-corrected chi connectivity index (χ4v) is 2.16. The Labute approximate surface area is 132 Å². The summed E-state index contributed by atoms with van der Waals surface area (Å²) >= 11 is 0. The molecule has 1 rings (SSSR count). The minimum atomic E-state index is -0.279. The van der Waals surface area contributed by atoms with Crippen molar-refractivity contribution in [1.29, 1.82) is 5.41 Å². The third-order valence-corrected chi connectivity index (χ3v) is 3.44. The molecule has 4 N–H and O–H groups in total. The number of aromatic nitrogens is 1. The zero-order chi connectivity index (χ0) is 16.2. The molecule has 6 heteroatoms. The van der Waals surface area contributed by atoms with E-state index in [9.17, 15) is 4.79 Å². The maximum atomic E-state index is 12.0. The number of nitrogens with zero attached hydrogens (tertiary/aromatic N) is 2. The van der Waals surface area contributed by atoms with Crippen LogP contribution in [-0.4, -0.2) is 35.0 Å². The fraction of sp³-hybridized carbons (Fsp3) is 0.562. The standard InChI is InChI=1S/C16H27N5O/c1-2-3-4-5-10-20-16(22)21(15(17)18)13-6-7-14-8-11-19-12-9-14/h8-9,11-12H,2-7,10,13H2,1H3,(H3,17,18)(H,20,22). The number of nitrogens with one attached hydrogen (secondary N) is 2. The molecule has 1 heterocycles. The quantitative estimate of drug-likeness (QED) is 0.371. The second kappa shape index (κ2) is 10.6. The van der Waals surface area contributed by atoms with Crippen LogP contribution in [0.1, 0.15) is 44.6 Å². The van der Waals surface area contributed by atoms with Crippen molar-refractivity contribution in [2.75, 3.05) is 13.1 Å². The maximum absolute atomic E-state index is 12.0. The number of urea groups is 1. The highest BCUT2D eigenvalue weighted by atomic mass is 16.2. The van der Waals surface area contributed by atoms with Gasteiger partial charge in [-0.05, 0) is 37.0 Å². The summed E-state index contributed by atoms with van der Waals surface area (Å²) in [5, 5.41) is 10.4. The highest BCUT2D eigenvalue weighted by molar-refractivity contribution is 5.93. The number of rotatable bonds is 9. The van der Waals surface area contributed by atoms with Crippen molar-refractivity contribution in [2.45, 2.75) is 45.4 Å². The molecule has 0 bridgehead atoms. The fourth-order valence-electron chi connectivity index (χ4n) is 2.16. The first-order valence-electron chi connectivity index (χ1n) is 7.93. The van der Waals surface area contributed by atoms with Crippen molar-refractivity contribution in [2.24, 2.45) is 5.73 Å². The zero-order valence-corrected chi connectivity index (χ0v) is 13.3. The summed E-state index contributed by atoms with van der Waals surface area (Å²) in [5.74, 6) is -0.208. The lowest BCUT2D eigenvalue weighted by Gasteiger charge is -2.21. The monoisotopic (exact) mass is 305 g/mol. The Morgan fingerprint density at radius 2 is 2.00 bits per heavy atom. The SMILES string of the molecule is CCCCCCNC(=O)N(CCCc1ccncc1)C(=N)N. The minimum absolute atomic E-state index is 0.208. The Kier molecular flexibility index (Phi) is 8.64. The Bertz CT molecular complexity index is 449. The molecule has 6 nitrogen and oxygen atoms in total. The first-order valence-corrected chi connectivity index (χ1v) is 7.93. The Morgan fingerprint density at radius 1 is 1.27 bits per heavy atom. The first kappa shape index (κ1) is 17.9. The van der Waals surface area contributed by atoms with Crippen molar-refractivity contribution >= 4 is 12.0 Å². The van der Waals surface area contributed by atoms with Crippen LogP contribution >= 0.6 is 0 Å². The van der Waals surface area contributed by atoms with E-state index in [1.165, 1.54) is 23.3 Å². The Hall–Kier alpha value is -2.11. The minimum Gasteiger partial charge on any atom is -0.370 e. The van der Waals surface area contributed by atoms with E-state index in [4.69, 9.17) is 11.1 Å². The van der Waals surface area contributed by atoms with Gasteiger partial charge in [0.05, 0.1) is 0 Å². The van der Waals surface area contributed by atoms with Gasteiger partial charge in [-0.3, -0.25) is 15.3 Å². The van der Waals surface area contributed by atoms with Crippen LogP contribution in [0.25, 0.3) is 0 Å². The lowest BCUT2D eigenvalue weighted by atomic mass is 10.1. The normalized spacial score (nSPS) is 10.2. The predicted octanol–water partition coefficient (Wildman–Crippen LogP) is 2.50. The number of hydrogen-bond acceptors (Lipinski definition) is 3. The van der Waals surface area contributed by atoms with E-state index in [1.807, 2.05) is 12.1 Å². The van der Waals surface area contributed by atoms with Gasteiger partial charge < -0.3 is 11.1 Å². The molecule has 122 valence electrons. The summed E-state index contributed by atoms with van der Waals surface area (Å²) in [7, 11) is 0. The summed E-state index contributed by atoms with van der Waals surface area (Å²) in [6.07, 6.45) is 9.51. The molecule has 0 aromatic carbocycles. The molecule has 2 amide bonds. The molecule has 0 aliphatic rings. The van der Waals surface area contributed by atoms with Crippen LogP contribution in [0.3, 0.4) is 0 Å². The Morgan fingerprint density at radius 3 is 2.64 bits per heavy atom. The van der Waals surface area contributed by atoms with E-state index >= 15 is 0 Å². The van der Waals surface area contributed by atoms with Crippen LogP contribution in [-0.2, 0) is 6.42 Å². The topological polar surface area (TPSA) is 95.1 Å². The highest BCUT2D eigenvalue weighted by Crippen LogP contribution is 2.03. The van der Waals surface area contributed by atoms with Gasteiger partial charge in [0.25, 0.3) is 0 Å². The third kappa shape index (κ3) is 7.06. The van der Waals surface area contributed by atoms with Crippen molar-refractivity contribution in [3.05, 3.63) is 30.1 Å². The number of guanidine groups is 1. The van der Waals surface area contributed by atoms with Gasteiger partial charge in [0.15, 0.2) is 5.96 Å². The van der Waals surface area contributed by atoms with E-state index in [-0.39, 0.29) is 12.0 Å². The molecule has 0 atom stereocenters. The average Bonchev–Trinajstić information content (AvgIpc) is 2.52. The average molecular weight is 305 g/mol. The molecule has 0 saturated carbocycles. The number of unbranched alkanes of at least 4 members (excludes halogenated alkanes) is 3. The van der Waals surface area contributed by atoms with E-state index in [2.05, 4.69) is 17.2 Å². The second-order valence-corrected chi connectivity index (χ2v) is 5.29. The van der Waals surface area contributed by atoms with Gasteiger partial charge in [-0.25, -0.2) is 4.79 Å². The largest absolute Gasteiger partial charge is 0.370 e. The van der Waals surface area contributed by atoms with Crippen LogP contribution in [0.5, 0.6) is 0 Å². The number of pyridine rings is 1. The number of nitrogens with two attached hydrogens (primary N) is 1. The molecule has 0 aliphatic carbocycles. The summed E-state index contributed by atoms with van der Waals surface area (Å²) in [6.45, 7) is 3.23. The molecule has 0 fully saturated rings. The van der Waals surface area contributed by atoms with Crippen LogP contribution in [0.2, 0.25) is 0 Å². The van der Waals surface area contributed by atoms with Gasteiger partial charge in [0.1, 0.15) is 0 Å². The van der Waals surface area contributed by atoms with E-state index < -0.39 is 0 Å². The number of carbonyl (C=O) groups excluding carboxylic acids is 1. The van der Waals surface area contributed by atoms with Gasteiger partial charge in [-0.2, -0.15) is 0 Å². The van der Waals surface area contributed by atoms with Gasteiger partial charge in [-0.15, -0.1) is 0 Å². The van der Waals surface area contributed by atoms with Gasteiger partial charge in [-0.1, -0.05) is 26.2 Å². The molecule has 1 aromatic heterocycles. The van der Waals surface area contributed by atoms with Gasteiger partial charge >= 0.3 is 6.03 Å². The zero-order valence-electron chi connectivity index (χ0n) is 13.3. The number of aryl methyl sites for hydroxylation is 1. The van der Waals surface area contributed by atoms with Crippen molar-refractivity contribution in [3.63, 3.8) is 0 Å². The number of hydrogen-bond donors (Lipinski definition) is 3. The van der Waals surface area contributed by atoms with Crippen molar-refractivity contribution in [1.82, 2.24) is 15.2 Å². The smallest absolute Gasteiger partial charge is 0.324 e. The molecule has 0 radical (unpaired) electrons. The van der Waals surface area contributed by atoms with E-state index in [0.29, 0.717) is 13.1 Å². The summed E-state index contributed by atoms with van der Waals surface area (Å²) < 4.78 is 0. The first-order chi connectivity index (χ1) is 10.6. The van der Waals surface area contributed by atoms with Crippen molar-refractivity contribution < 1.29 is 4.79 Å².